The molecule has 2 heterocycles. The lowest BCUT2D eigenvalue weighted by molar-refractivity contribution is 0.143. The molecule has 0 aliphatic carbocycles. The van der Waals surface area contributed by atoms with Gasteiger partial charge in [0, 0.05) is 46.1 Å². The van der Waals surface area contributed by atoms with Gasteiger partial charge in [0.05, 0.1) is 22.1 Å². The van der Waals surface area contributed by atoms with Gasteiger partial charge in [-0.25, -0.2) is 0 Å². The molecule has 232 valence electrons. The van der Waals surface area contributed by atoms with E-state index in [1.807, 2.05) is 0 Å². The number of para-hydroxylation sites is 3. The van der Waals surface area contributed by atoms with Crippen LogP contribution in [0.5, 0.6) is 0 Å². The normalized spacial score (nSPS) is 11.8. The van der Waals surface area contributed by atoms with Gasteiger partial charge in [-0.3, -0.25) is 0 Å². The maximum Gasteiger partial charge on any atom is 0.0541 e. The maximum atomic E-state index is 5.49. The minimum Gasteiger partial charge on any atom is -0.382 e. The summed E-state index contributed by atoms with van der Waals surface area (Å²) in [5.74, 6) is 0. The zero-order chi connectivity index (χ0) is 31.6. The fraction of sp³-hybridized carbons (Fsp3) is 0.182. The van der Waals surface area contributed by atoms with Gasteiger partial charge >= 0.3 is 0 Å². The Morgan fingerprint density at radius 2 is 0.915 bits per heavy atom. The van der Waals surface area contributed by atoms with Crippen molar-refractivity contribution in [2.24, 2.45) is 0 Å². The summed E-state index contributed by atoms with van der Waals surface area (Å²) in [6.07, 6.45) is 5.99. The molecule has 0 aliphatic heterocycles. The molecule has 0 aliphatic rings. The highest BCUT2D eigenvalue weighted by molar-refractivity contribution is 6.10. The van der Waals surface area contributed by atoms with E-state index in [4.69, 9.17) is 4.74 Å². The SMILES string of the molecule is CCOCCCCCCc1ccc2c(c1)c1ccccc1n2-c1ccc(-c2ccc(-n3c4ccccc4c4ccccc43)cc2)cc1. The molecule has 3 nitrogen and oxygen atoms in total. The first-order valence-corrected chi connectivity index (χ1v) is 17.1. The van der Waals surface area contributed by atoms with Gasteiger partial charge in [-0.1, -0.05) is 97.8 Å². The van der Waals surface area contributed by atoms with Crippen LogP contribution in [0.25, 0.3) is 66.1 Å². The summed E-state index contributed by atoms with van der Waals surface area (Å²) >= 11 is 0. The van der Waals surface area contributed by atoms with Crippen LogP contribution in [0.1, 0.15) is 38.2 Å². The van der Waals surface area contributed by atoms with Gasteiger partial charge in [0.15, 0.2) is 0 Å². The number of rotatable bonds is 11. The van der Waals surface area contributed by atoms with Crippen molar-refractivity contribution in [3.8, 4) is 22.5 Å². The van der Waals surface area contributed by atoms with Crippen LogP contribution in [-0.2, 0) is 11.2 Å². The molecule has 0 radical (unpaired) electrons. The highest BCUT2D eigenvalue weighted by atomic mass is 16.5. The third-order valence-corrected chi connectivity index (χ3v) is 9.61. The number of aryl methyl sites for hydroxylation is 1. The number of unbranched alkanes of at least 4 members (excludes halogenated alkanes) is 3. The molecule has 8 rings (SSSR count). The molecule has 3 heteroatoms. The molecule has 0 spiro atoms. The van der Waals surface area contributed by atoms with Crippen LogP contribution in [0.2, 0.25) is 0 Å². The van der Waals surface area contributed by atoms with E-state index in [0.29, 0.717) is 0 Å². The Bertz CT molecular complexity index is 2250. The number of hydrogen-bond acceptors (Lipinski definition) is 1. The summed E-state index contributed by atoms with van der Waals surface area (Å²) in [5, 5.41) is 5.21. The van der Waals surface area contributed by atoms with Gasteiger partial charge in [-0.2, -0.15) is 0 Å². The highest BCUT2D eigenvalue weighted by Gasteiger charge is 2.14. The molecular formula is C44H40N2O. The highest BCUT2D eigenvalue weighted by Crippen LogP contribution is 2.35. The van der Waals surface area contributed by atoms with Gasteiger partial charge in [0.25, 0.3) is 0 Å². The second-order valence-electron chi connectivity index (χ2n) is 12.5. The van der Waals surface area contributed by atoms with Crippen LogP contribution < -0.4 is 0 Å². The average molecular weight is 613 g/mol. The number of nitrogens with zero attached hydrogens (tertiary/aromatic N) is 2. The van der Waals surface area contributed by atoms with Gasteiger partial charge < -0.3 is 13.9 Å². The second kappa shape index (κ2) is 12.9. The van der Waals surface area contributed by atoms with Crippen molar-refractivity contribution < 1.29 is 4.74 Å². The molecule has 0 bridgehead atoms. The Morgan fingerprint density at radius 1 is 0.447 bits per heavy atom. The van der Waals surface area contributed by atoms with Crippen LogP contribution in [0.3, 0.4) is 0 Å². The largest absolute Gasteiger partial charge is 0.382 e. The second-order valence-corrected chi connectivity index (χ2v) is 12.5. The number of fused-ring (bicyclic) bond motifs is 6. The fourth-order valence-electron chi connectivity index (χ4n) is 7.29. The predicted molar refractivity (Wildman–Crippen MR) is 199 cm³/mol. The van der Waals surface area contributed by atoms with Crippen LogP contribution in [0.15, 0.2) is 140 Å². The Morgan fingerprint density at radius 3 is 1.45 bits per heavy atom. The Balaban J connectivity index is 1.06. The van der Waals surface area contributed by atoms with E-state index in [-0.39, 0.29) is 0 Å². The van der Waals surface area contributed by atoms with E-state index in [2.05, 4.69) is 156 Å². The van der Waals surface area contributed by atoms with Crippen molar-refractivity contribution in [3.05, 3.63) is 145 Å². The zero-order valence-corrected chi connectivity index (χ0v) is 27.0. The average Bonchev–Trinajstić information content (AvgIpc) is 3.64. The third-order valence-electron chi connectivity index (χ3n) is 9.61. The van der Waals surface area contributed by atoms with E-state index in [0.717, 1.165) is 26.1 Å². The van der Waals surface area contributed by atoms with Crippen LogP contribution in [0, 0.1) is 0 Å². The third kappa shape index (κ3) is 5.51. The zero-order valence-electron chi connectivity index (χ0n) is 27.0. The molecule has 47 heavy (non-hydrogen) atoms. The van der Waals surface area contributed by atoms with E-state index >= 15 is 0 Å². The number of benzene rings is 6. The van der Waals surface area contributed by atoms with Crippen molar-refractivity contribution in [2.75, 3.05) is 13.2 Å². The number of hydrogen-bond donors (Lipinski definition) is 0. The van der Waals surface area contributed by atoms with Gasteiger partial charge in [0.2, 0.25) is 0 Å². The van der Waals surface area contributed by atoms with Crippen LogP contribution in [0.4, 0.5) is 0 Å². The maximum absolute atomic E-state index is 5.49. The number of ether oxygens (including phenoxy) is 1. The molecule has 0 atom stereocenters. The summed E-state index contributed by atoms with van der Waals surface area (Å²) in [6.45, 7) is 3.77. The van der Waals surface area contributed by atoms with Crippen LogP contribution >= 0.6 is 0 Å². The van der Waals surface area contributed by atoms with Gasteiger partial charge in [-0.15, -0.1) is 0 Å². The molecule has 6 aromatic carbocycles. The minimum absolute atomic E-state index is 0.816. The minimum atomic E-state index is 0.816. The van der Waals surface area contributed by atoms with Crippen molar-refractivity contribution >= 4 is 43.6 Å². The van der Waals surface area contributed by atoms with E-state index in [1.165, 1.54) is 90.9 Å². The first kappa shape index (κ1) is 29.3. The summed E-state index contributed by atoms with van der Waals surface area (Å²) in [4.78, 5) is 0. The van der Waals surface area contributed by atoms with Crippen molar-refractivity contribution in [1.29, 1.82) is 0 Å². The predicted octanol–water partition coefficient (Wildman–Crippen LogP) is 11.7. The van der Waals surface area contributed by atoms with Gasteiger partial charge in [0.1, 0.15) is 0 Å². The molecule has 0 amide bonds. The molecule has 0 N–H and O–H groups in total. The standard InChI is InChI=1S/C44H40N2O/c1-2-47-30-12-4-3-5-13-32-20-29-44-40(31-32)39-16-8-11-19-43(39)46(44)36-27-23-34(24-28-36)33-21-25-35(26-22-33)45-41-17-9-6-14-37(41)38-15-7-10-18-42(38)45/h6-11,14-29,31H,2-5,12-13,30H2,1H3. The lowest BCUT2D eigenvalue weighted by Gasteiger charge is -2.11. The Hall–Kier alpha value is -5.12. The topological polar surface area (TPSA) is 19.1 Å². The lowest BCUT2D eigenvalue weighted by Crippen LogP contribution is -1.95. The molecular weight excluding hydrogens is 572 g/mol. The monoisotopic (exact) mass is 612 g/mol. The van der Waals surface area contributed by atoms with Crippen molar-refractivity contribution in [2.45, 2.75) is 39.0 Å². The lowest BCUT2D eigenvalue weighted by atomic mass is 10.0. The molecule has 0 unspecified atom stereocenters. The summed E-state index contributed by atoms with van der Waals surface area (Å²) in [7, 11) is 0. The molecule has 8 aromatic rings. The van der Waals surface area contributed by atoms with Crippen molar-refractivity contribution in [3.63, 3.8) is 0 Å². The summed E-state index contributed by atoms with van der Waals surface area (Å²) in [5.41, 5.74) is 11.2. The smallest absolute Gasteiger partial charge is 0.0541 e. The Kier molecular flexibility index (Phi) is 8.07. The van der Waals surface area contributed by atoms with Crippen molar-refractivity contribution in [1.82, 2.24) is 9.13 Å². The first-order valence-electron chi connectivity index (χ1n) is 17.1. The van der Waals surface area contributed by atoms with E-state index in [9.17, 15) is 0 Å². The quantitative estimate of drug-likeness (QED) is 0.133. The summed E-state index contributed by atoms with van der Waals surface area (Å²) < 4.78 is 10.3. The molecule has 2 aromatic heterocycles. The van der Waals surface area contributed by atoms with E-state index < -0.39 is 0 Å². The molecule has 0 saturated carbocycles. The van der Waals surface area contributed by atoms with Gasteiger partial charge in [-0.05, 0) is 97.5 Å². The van der Waals surface area contributed by atoms with Crippen LogP contribution in [-0.4, -0.2) is 22.3 Å². The number of aromatic nitrogens is 2. The molecule has 0 fully saturated rings. The fourth-order valence-corrected chi connectivity index (χ4v) is 7.29. The first-order chi connectivity index (χ1) is 23.3. The molecule has 0 saturated heterocycles. The van der Waals surface area contributed by atoms with E-state index in [1.54, 1.807) is 0 Å². The summed E-state index contributed by atoms with van der Waals surface area (Å²) in [6, 6.07) is 51.2. The Labute approximate surface area is 276 Å².